The molecule has 4 rings (SSSR count). The third-order valence-electron chi connectivity index (χ3n) is 4.59. The highest BCUT2D eigenvalue weighted by molar-refractivity contribution is 5.90. The zero-order valence-electron chi connectivity index (χ0n) is 17.2. The first-order valence-electron chi connectivity index (χ1n) is 10.00. The van der Waals surface area contributed by atoms with Crippen LogP contribution < -0.4 is 10.1 Å². The maximum Gasteiger partial charge on any atom is 0.416 e. The summed E-state index contributed by atoms with van der Waals surface area (Å²) in [4.78, 5) is 12.2. The number of para-hydroxylation sites is 1. The fourth-order valence-electron chi connectivity index (χ4n) is 2.97. The van der Waals surface area contributed by atoms with Crippen molar-refractivity contribution in [1.29, 1.82) is 0 Å². The number of benzene rings is 3. The number of aromatic nitrogens is 2. The van der Waals surface area contributed by atoms with Crippen LogP contribution in [0.4, 0.5) is 18.9 Å². The van der Waals surface area contributed by atoms with Crippen LogP contribution in [0.2, 0.25) is 0 Å². The topological polar surface area (TPSA) is 77.2 Å². The van der Waals surface area contributed by atoms with Crippen molar-refractivity contribution in [3.63, 3.8) is 0 Å². The van der Waals surface area contributed by atoms with E-state index in [9.17, 15) is 18.0 Å². The van der Waals surface area contributed by atoms with Gasteiger partial charge in [0.15, 0.2) is 0 Å². The van der Waals surface area contributed by atoms with Gasteiger partial charge in [0, 0.05) is 24.1 Å². The molecule has 168 valence electrons. The summed E-state index contributed by atoms with van der Waals surface area (Å²) in [6.07, 6.45) is -4.26. The molecule has 6 nitrogen and oxygen atoms in total. The smallest absolute Gasteiger partial charge is 0.416 e. The Morgan fingerprint density at radius 3 is 2.36 bits per heavy atom. The van der Waals surface area contributed by atoms with Gasteiger partial charge in [-0.1, -0.05) is 24.3 Å². The van der Waals surface area contributed by atoms with Gasteiger partial charge in [-0.3, -0.25) is 4.79 Å². The predicted octanol–water partition coefficient (Wildman–Crippen LogP) is 6.12. The van der Waals surface area contributed by atoms with Crippen LogP contribution in [0.25, 0.3) is 11.5 Å². The maximum absolute atomic E-state index is 12.9. The lowest BCUT2D eigenvalue weighted by atomic mass is 10.1. The van der Waals surface area contributed by atoms with Gasteiger partial charge in [0.2, 0.25) is 17.7 Å². The number of carbonyl (C=O) groups excluding carboxylic acids is 1. The summed E-state index contributed by atoms with van der Waals surface area (Å²) in [5.74, 6) is 1.19. The highest BCUT2D eigenvalue weighted by atomic mass is 19.4. The summed E-state index contributed by atoms with van der Waals surface area (Å²) >= 11 is 0. The largest absolute Gasteiger partial charge is 0.457 e. The second-order valence-corrected chi connectivity index (χ2v) is 7.07. The summed E-state index contributed by atoms with van der Waals surface area (Å²) in [6.45, 7) is 0. The Morgan fingerprint density at radius 1 is 0.909 bits per heavy atom. The molecule has 0 aliphatic rings. The normalized spacial score (nSPS) is 11.2. The van der Waals surface area contributed by atoms with Gasteiger partial charge < -0.3 is 14.5 Å². The van der Waals surface area contributed by atoms with E-state index in [0.29, 0.717) is 17.2 Å². The number of alkyl halides is 3. The molecule has 0 atom stereocenters. The first kappa shape index (κ1) is 22.1. The molecule has 0 aliphatic carbocycles. The summed E-state index contributed by atoms with van der Waals surface area (Å²) < 4.78 is 49.8. The fraction of sp³-hybridized carbons (Fsp3) is 0.125. The third kappa shape index (κ3) is 5.97. The average molecular weight is 453 g/mol. The van der Waals surface area contributed by atoms with Crippen LogP contribution >= 0.6 is 0 Å². The van der Waals surface area contributed by atoms with E-state index in [4.69, 9.17) is 9.15 Å². The molecule has 1 amide bonds. The number of hydrogen-bond acceptors (Lipinski definition) is 5. The molecule has 0 aliphatic heterocycles. The molecular formula is C24H18F3N3O3. The molecule has 0 saturated carbocycles. The Morgan fingerprint density at radius 2 is 1.64 bits per heavy atom. The summed E-state index contributed by atoms with van der Waals surface area (Å²) in [5.41, 5.74) is -0.0549. The molecule has 0 radical (unpaired) electrons. The lowest BCUT2D eigenvalue weighted by Gasteiger charge is -2.08. The highest BCUT2D eigenvalue weighted by Crippen LogP contribution is 2.32. The van der Waals surface area contributed by atoms with E-state index in [2.05, 4.69) is 15.5 Å². The van der Waals surface area contributed by atoms with Crippen molar-refractivity contribution in [3.05, 3.63) is 90.3 Å². The molecule has 9 heteroatoms. The number of aryl methyl sites for hydroxylation is 1. The lowest BCUT2D eigenvalue weighted by Crippen LogP contribution is -2.12. The molecule has 0 spiro atoms. The second kappa shape index (κ2) is 9.56. The van der Waals surface area contributed by atoms with E-state index in [0.717, 1.165) is 12.1 Å². The molecule has 3 aromatic carbocycles. The number of ether oxygens (including phenoxy) is 1. The van der Waals surface area contributed by atoms with Crippen LogP contribution in [0.1, 0.15) is 17.9 Å². The SMILES string of the molecule is O=C(CCc1nnc(-c2cccc(C(F)(F)F)c2)o1)Nc1ccc(Oc2ccccc2)cc1. The molecule has 4 aromatic rings. The number of amides is 1. The minimum absolute atomic E-state index is 0.0366. The lowest BCUT2D eigenvalue weighted by molar-refractivity contribution is -0.137. The van der Waals surface area contributed by atoms with Gasteiger partial charge >= 0.3 is 6.18 Å². The Kier molecular flexibility index (Phi) is 6.39. The zero-order valence-corrected chi connectivity index (χ0v) is 17.2. The van der Waals surface area contributed by atoms with E-state index in [-0.39, 0.29) is 36.1 Å². The van der Waals surface area contributed by atoms with Gasteiger partial charge in [-0.15, -0.1) is 10.2 Å². The van der Waals surface area contributed by atoms with Crippen LogP contribution in [-0.2, 0) is 17.4 Å². The van der Waals surface area contributed by atoms with Crippen LogP contribution in [-0.4, -0.2) is 16.1 Å². The Balaban J connectivity index is 1.30. The molecule has 0 saturated heterocycles. The Bertz CT molecular complexity index is 1220. The fourth-order valence-corrected chi connectivity index (χ4v) is 2.97. The van der Waals surface area contributed by atoms with E-state index < -0.39 is 11.7 Å². The molecular weight excluding hydrogens is 435 g/mol. The Labute approximate surface area is 187 Å². The minimum Gasteiger partial charge on any atom is -0.457 e. The minimum atomic E-state index is -4.47. The van der Waals surface area contributed by atoms with E-state index >= 15 is 0 Å². The summed E-state index contributed by atoms with van der Waals surface area (Å²) in [7, 11) is 0. The molecule has 0 fully saturated rings. The first-order valence-corrected chi connectivity index (χ1v) is 10.00. The van der Waals surface area contributed by atoms with E-state index in [1.807, 2.05) is 30.3 Å². The number of halogens is 3. The summed E-state index contributed by atoms with van der Waals surface area (Å²) in [5, 5.41) is 10.4. The third-order valence-corrected chi connectivity index (χ3v) is 4.59. The van der Waals surface area contributed by atoms with Crippen molar-refractivity contribution in [3.8, 4) is 23.0 Å². The van der Waals surface area contributed by atoms with Crippen LogP contribution in [0.15, 0.2) is 83.3 Å². The van der Waals surface area contributed by atoms with Gasteiger partial charge in [-0.05, 0) is 54.6 Å². The molecule has 33 heavy (non-hydrogen) atoms. The predicted molar refractivity (Wildman–Crippen MR) is 115 cm³/mol. The quantitative estimate of drug-likeness (QED) is 0.365. The second-order valence-electron chi connectivity index (χ2n) is 7.07. The zero-order chi connectivity index (χ0) is 23.3. The number of anilines is 1. The number of nitrogens with zero attached hydrogens (tertiary/aromatic N) is 2. The van der Waals surface area contributed by atoms with Crippen molar-refractivity contribution < 1.29 is 27.1 Å². The molecule has 1 heterocycles. The molecule has 1 N–H and O–H groups in total. The van der Waals surface area contributed by atoms with Crippen LogP contribution in [0.3, 0.4) is 0 Å². The van der Waals surface area contributed by atoms with Crippen LogP contribution in [0.5, 0.6) is 11.5 Å². The van der Waals surface area contributed by atoms with Crippen molar-refractivity contribution in [1.82, 2.24) is 10.2 Å². The monoisotopic (exact) mass is 453 g/mol. The number of hydrogen-bond donors (Lipinski definition) is 1. The Hall–Kier alpha value is -4.14. The van der Waals surface area contributed by atoms with E-state index in [1.165, 1.54) is 12.1 Å². The highest BCUT2D eigenvalue weighted by Gasteiger charge is 2.30. The van der Waals surface area contributed by atoms with Gasteiger partial charge in [0.1, 0.15) is 11.5 Å². The van der Waals surface area contributed by atoms with Crippen molar-refractivity contribution in [2.45, 2.75) is 19.0 Å². The van der Waals surface area contributed by atoms with Gasteiger partial charge in [-0.2, -0.15) is 13.2 Å². The van der Waals surface area contributed by atoms with Gasteiger partial charge in [0.05, 0.1) is 5.56 Å². The first-order chi connectivity index (χ1) is 15.9. The van der Waals surface area contributed by atoms with Crippen LogP contribution in [0, 0.1) is 0 Å². The molecule has 0 bridgehead atoms. The molecule has 1 aromatic heterocycles. The molecule has 0 unspecified atom stereocenters. The average Bonchev–Trinajstić information content (AvgIpc) is 3.29. The van der Waals surface area contributed by atoms with Gasteiger partial charge in [0.25, 0.3) is 0 Å². The summed E-state index contributed by atoms with van der Waals surface area (Å²) in [6, 6.07) is 20.8. The van der Waals surface area contributed by atoms with Crippen molar-refractivity contribution in [2.24, 2.45) is 0 Å². The van der Waals surface area contributed by atoms with Gasteiger partial charge in [-0.25, -0.2) is 0 Å². The number of rotatable bonds is 7. The van der Waals surface area contributed by atoms with Crippen molar-refractivity contribution >= 4 is 11.6 Å². The standard InChI is InChI=1S/C24H18F3N3O3/c25-24(26,27)17-6-4-5-16(15-17)23-30-29-22(33-23)14-13-21(31)28-18-9-11-20(12-10-18)32-19-7-2-1-3-8-19/h1-12,15H,13-14H2,(H,28,31). The van der Waals surface area contributed by atoms with E-state index in [1.54, 1.807) is 24.3 Å². The maximum atomic E-state index is 12.9. The number of nitrogens with one attached hydrogen (secondary N) is 1. The van der Waals surface area contributed by atoms with Crippen molar-refractivity contribution in [2.75, 3.05) is 5.32 Å². The number of carbonyl (C=O) groups is 1.